The molecule has 15 heteroatoms. The van der Waals surface area contributed by atoms with E-state index in [0.717, 1.165) is 39.1 Å². The number of rotatable bonds is 3. The molecule has 0 bridgehead atoms. The SMILES string of the molecule is Oc1ccccc1C=[N+]1[Co][N+](=Cc2ccccc2O)C2CCCCC21.[O-]C(F)(F)C(F)(C(F)(F)F)C(F)(F)F. The number of halogens is 9. The van der Waals surface area contributed by atoms with Crippen molar-refractivity contribution in [2.24, 2.45) is 0 Å². The molecule has 2 N–H and O–H groups in total. The van der Waals surface area contributed by atoms with Crippen LogP contribution in [0.5, 0.6) is 11.5 Å². The first-order valence-electron chi connectivity index (χ1n) is 11.3. The van der Waals surface area contributed by atoms with Crippen molar-refractivity contribution in [2.45, 2.75) is 61.9 Å². The van der Waals surface area contributed by atoms with E-state index in [1.807, 2.05) is 36.4 Å². The van der Waals surface area contributed by atoms with E-state index >= 15 is 0 Å². The monoisotopic (exact) mass is 616 g/mol. The minimum Gasteiger partial charge on any atom is -0.795 e. The van der Waals surface area contributed by atoms with E-state index in [9.17, 15) is 54.8 Å². The molecule has 0 amide bonds. The summed E-state index contributed by atoms with van der Waals surface area (Å²) >= 11 is 1.11. The largest absolute Gasteiger partial charge is 0.795 e. The van der Waals surface area contributed by atoms with Crippen molar-refractivity contribution in [3.05, 3.63) is 59.7 Å². The first kappa shape index (κ1) is 30.8. The molecule has 0 radical (unpaired) electrons. The van der Waals surface area contributed by atoms with Crippen molar-refractivity contribution in [3.63, 3.8) is 0 Å². The Morgan fingerprint density at radius 3 is 1.33 bits per heavy atom. The molecule has 2 unspecified atom stereocenters. The zero-order chi connectivity index (χ0) is 29.2. The molecule has 1 heterocycles. The van der Waals surface area contributed by atoms with E-state index < -0.39 is 24.1 Å². The predicted octanol–water partition coefficient (Wildman–Crippen LogP) is 4.67. The van der Waals surface area contributed by atoms with Gasteiger partial charge in [0, 0.05) is 0 Å². The molecular formula is C24H22CoF9N2O3+. The number of hydrogen-bond acceptors (Lipinski definition) is 3. The summed E-state index contributed by atoms with van der Waals surface area (Å²) in [7, 11) is 0. The quantitative estimate of drug-likeness (QED) is 0.493. The number of hydrogen-bond donors (Lipinski definition) is 2. The molecule has 1 aliphatic carbocycles. The van der Waals surface area contributed by atoms with Crippen LogP contribution < -0.4 is 5.11 Å². The van der Waals surface area contributed by atoms with Gasteiger partial charge in [-0.3, -0.25) is 0 Å². The summed E-state index contributed by atoms with van der Waals surface area (Å²) in [5.74, 6) is 0.625. The van der Waals surface area contributed by atoms with Crippen LogP contribution >= 0.6 is 0 Å². The van der Waals surface area contributed by atoms with Crippen LogP contribution in [0.25, 0.3) is 0 Å². The minimum absolute atomic E-state index is 0.313. The molecule has 1 saturated carbocycles. The van der Waals surface area contributed by atoms with Gasteiger partial charge in [-0.05, 0) is 0 Å². The first-order chi connectivity index (χ1) is 18.0. The van der Waals surface area contributed by atoms with Gasteiger partial charge in [-0.25, -0.2) is 13.2 Å². The first-order valence-corrected chi connectivity index (χ1v) is 12.2. The molecule has 39 heavy (non-hydrogen) atoms. The van der Waals surface area contributed by atoms with Gasteiger partial charge in [0.05, 0.1) is 0 Å². The smallest absolute Gasteiger partial charge is 0.436 e. The summed E-state index contributed by atoms with van der Waals surface area (Å²) in [6.45, 7) is 0. The number of phenolic OH excluding ortho intramolecular Hbond substituents is 2. The second-order valence-corrected chi connectivity index (χ2v) is 9.96. The maximum absolute atomic E-state index is 12.0. The van der Waals surface area contributed by atoms with Gasteiger partial charge in [-0.1, -0.05) is 0 Å². The summed E-state index contributed by atoms with van der Waals surface area (Å²) in [6, 6.07) is 15.8. The van der Waals surface area contributed by atoms with E-state index in [1.54, 1.807) is 12.1 Å². The topological polar surface area (TPSA) is 69.5 Å². The van der Waals surface area contributed by atoms with Gasteiger partial charge in [0.2, 0.25) is 6.11 Å². The second-order valence-electron chi connectivity index (χ2n) is 8.67. The zero-order valence-corrected chi connectivity index (χ0v) is 20.7. The maximum atomic E-state index is 12.0. The van der Waals surface area contributed by atoms with Crippen LogP contribution in [0.15, 0.2) is 48.5 Å². The Bertz CT molecular complexity index is 1120. The van der Waals surface area contributed by atoms with E-state index in [2.05, 4.69) is 19.7 Å². The standard InChI is InChI=1S/C20H22N2O2.C4F9O.Co/c23-19-11-5-1-7-15(19)13-21-17-9-3-4-10-18(17)22-14-16-8-2-6-12-20(16)24;5-1(2(6,7)8,3(9,10)11)4(12,13)14;/h1-2,5-8,11-14,17-18,23-24H,3-4,9-10H2;;/q;-1;+2. The predicted molar refractivity (Wildman–Crippen MR) is 114 cm³/mol. The van der Waals surface area contributed by atoms with Gasteiger partial charge in [0.25, 0.3) is 0 Å². The number of phenols is 2. The molecule has 1 aliphatic heterocycles. The second kappa shape index (κ2) is 11.4. The van der Waals surface area contributed by atoms with Crippen molar-refractivity contribution in [3.8, 4) is 11.5 Å². The van der Waals surface area contributed by atoms with Gasteiger partial charge >= 0.3 is 172 Å². The number of alkyl halides is 9. The molecule has 0 aromatic heterocycles. The van der Waals surface area contributed by atoms with Crippen LogP contribution in [-0.4, -0.2) is 66.1 Å². The number of fused-ring (bicyclic) bond motifs is 1. The van der Waals surface area contributed by atoms with Gasteiger partial charge in [-0.2, -0.15) is 26.3 Å². The normalized spacial score (nSPS) is 22.6. The fourth-order valence-electron chi connectivity index (χ4n) is 4.00. The Labute approximate surface area is 222 Å². The van der Waals surface area contributed by atoms with E-state index in [0.29, 0.717) is 23.6 Å². The summed E-state index contributed by atoms with van der Waals surface area (Å²) < 4.78 is 107. The number of aromatic hydroxyl groups is 2. The average molecular weight is 616 g/mol. The zero-order valence-electron chi connectivity index (χ0n) is 19.7. The third kappa shape index (κ3) is 6.52. The van der Waals surface area contributed by atoms with E-state index in [4.69, 9.17) is 0 Å². The van der Waals surface area contributed by atoms with E-state index in [1.165, 1.54) is 12.8 Å². The maximum Gasteiger partial charge on any atom is 0.436 e. The minimum atomic E-state index is -7.08. The Morgan fingerprint density at radius 1 is 0.692 bits per heavy atom. The molecule has 0 spiro atoms. The van der Waals surface area contributed by atoms with Gasteiger partial charge in [-0.15, -0.1) is 0 Å². The Balaban J connectivity index is 0.000000258. The van der Waals surface area contributed by atoms with Gasteiger partial charge in [0.15, 0.2) is 0 Å². The molecule has 2 aromatic rings. The van der Waals surface area contributed by atoms with Crippen LogP contribution in [0, 0.1) is 0 Å². The Kier molecular flexibility index (Phi) is 8.97. The molecular weight excluding hydrogens is 594 g/mol. The summed E-state index contributed by atoms with van der Waals surface area (Å²) in [6.07, 6.45) is -12.0. The Hall–Kier alpha value is -2.78. The number of nitrogens with zero attached hydrogens (tertiary/aromatic N) is 2. The van der Waals surface area contributed by atoms with Crippen LogP contribution in [0.2, 0.25) is 0 Å². The van der Waals surface area contributed by atoms with Gasteiger partial charge in [0.1, 0.15) is 0 Å². The van der Waals surface area contributed by atoms with Crippen LogP contribution in [0.4, 0.5) is 39.5 Å². The summed E-state index contributed by atoms with van der Waals surface area (Å²) in [5, 5.41) is 29.4. The van der Waals surface area contributed by atoms with Crippen molar-refractivity contribution < 1.29 is 77.2 Å². The van der Waals surface area contributed by atoms with Crippen molar-refractivity contribution in [1.29, 1.82) is 0 Å². The molecule has 2 aliphatic rings. The van der Waals surface area contributed by atoms with Gasteiger partial charge < -0.3 is 5.11 Å². The Morgan fingerprint density at radius 2 is 1.05 bits per heavy atom. The summed E-state index contributed by atoms with van der Waals surface area (Å²) in [4.78, 5) is 0. The molecule has 2 atom stereocenters. The molecule has 4 rings (SSSR count). The van der Waals surface area contributed by atoms with Crippen LogP contribution in [0.1, 0.15) is 36.8 Å². The molecule has 5 nitrogen and oxygen atoms in total. The fourth-order valence-corrected chi connectivity index (χ4v) is 5.62. The third-order valence-corrected chi connectivity index (χ3v) is 7.46. The van der Waals surface area contributed by atoms with Crippen LogP contribution in [-0.2, 0) is 15.1 Å². The van der Waals surface area contributed by atoms with Crippen molar-refractivity contribution in [2.75, 3.05) is 0 Å². The number of para-hydroxylation sites is 2. The van der Waals surface area contributed by atoms with Crippen molar-refractivity contribution >= 4 is 12.4 Å². The molecule has 217 valence electrons. The van der Waals surface area contributed by atoms with Crippen molar-refractivity contribution in [1.82, 2.24) is 0 Å². The fraction of sp³-hybridized carbons (Fsp3) is 0.417. The van der Waals surface area contributed by atoms with E-state index in [-0.39, 0.29) is 0 Å². The number of benzene rings is 2. The molecule has 1 saturated heterocycles. The third-order valence-electron chi connectivity index (χ3n) is 6.02. The van der Waals surface area contributed by atoms with Crippen LogP contribution in [0.3, 0.4) is 0 Å². The molecule has 2 aromatic carbocycles. The molecule has 2 fully saturated rings. The summed E-state index contributed by atoms with van der Waals surface area (Å²) in [5.41, 5.74) is -5.38. The average Bonchev–Trinajstić information content (AvgIpc) is 3.17.